The molecule has 0 spiro atoms. The first-order valence-electron chi connectivity index (χ1n) is 11.2. The fourth-order valence-electron chi connectivity index (χ4n) is 4.11. The van der Waals surface area contributed by atoms with Crippen molar-refractivity contribution in [2.45, 2.75) is 70.0 Å². The minimum atomic E-state index is -1.03. The molecule has 0 radical (unpaired) electrons. The molecule has 0 aliphatic carbocycles. The summed E-state index contributed by atoms with van der Waals surface area (Å²) in [6.07, 6.45) is -2.67. The van der Waals surface area contributed by atoms with E-state index in [0.29, 0.717) is 11.7 Å². The van der Waals surface area contributed by atoms with E-state index in [4.69, 9.17) is 18.9 Å². The van der Waals surface area contributed by atoms with Crippen molar-refractivity contribution in [2.24, 2.45) is 0 Å². The monoisotopic (exact) mass is 441 g/mol. The second-order valence-electron chi connectivity index (χ2n) is 8.43. The lowest BCUT2D eigenvalue weighted by molar-refractivity contribution is -0.333. The van der Waals surface area contributed by atoms with Gasteiger partial charge in [-0.2, -0.15) is 0 Å². The van der Waals surface area contributed by atoms with Gasteiger partial charge in [-0.15, -0.1) is 0 Å². The lowest BCUT2D eigenvalue weighted by atomic mass is 9.95. The van der Waals surface area contributed by atoms with Crippen LogP contribution >= 0.6 is 0 Å². The van der Waals surface area contributed by atoms with Crippen molar-refractivity contribution >= 4 is 5.91 Å². The van der Waals surface area contributed by atoms with E-state index in [0.717, 1.165) is 12.0 Å². The van der Waals surface area contributed by atoms with Gasteiger partial charge in [0.2, 0.25) is 12.2 Å². The number of rotatable bonds is 6. The highest BCUT2D eigenvalue weighted by Gasteiger charge is 2.50. The molecule has 0 unspecified atom stereocenters. The van der Waals surface area contributed by atoms with E-state index < -0.39 is 36.9 Å². The fourth-order valence-corrected chi connectivity index (χ4v) is 4.11. The van der Waals surface area contributed by atoms with Crippen LogP contribution < -0.4 is 10.1 Å². The summed E-state index contributed by atoms with van der Waals surface area (Å²) in [6, 6.07) is 16.5. The first-order chi connectivity index (χ1) is 15.5. The molecule has 1 amide bonds. The molecule has 0 bridgehead atoms. The first-order valence-corrected chi connectivity index (χ1v) is 11.2. The maximum absolute atomic E-state index is 11.9. The van der Waals surface area contributed by atoms with E-state index in [9.17, 15) is 9.90 Å². The van der Waals surface area contributed by atoms with Crippen LogP contribution in [0.2, 0.25) is 0 Å². The van der Waals surface area contributed by atoms with Crippen LogP contribution in [-0.4, -0.2) is 48.3 Å². The highest BCUT2D eigenvalue weighted by molar-refractivity contribution is 5.73. The number of ether oxygens (including phenoxy) is 4. The Balaban J connectivity index is 1.50. The zero-order valence-electron chi connectivity index (χ0n) is 18.6. The van der Waals surface area contributed by atoms with Gasteiger partial charge in [0, 0.05) is 12.5 Å². The van der Waals surface area contributed by atoms with Crippen LogP contribution in [0.1, 0.15) is 50.5 Å². The first kappa shape index (κ1) is 22.7. The molecule has 172 valence electrons. The van der Waals surface area contributed by atoms with Crippen LogP contribution in [0.25, 0.3) is 0 Å². The normalized spacial score (nSPS) is 30.8. The van der Waals surface area contributed by atoms with E-state index in [-0.39, 0.29) is 12.5 Å². The van der Waals surface area contributed by atoms with Crippen molar-refractivity contribution in [3.8, 4) is 5.75 Å². The predicted octanol–water partition coefficient (Wildman–Crippen LogP) is 3.28. The van der Waals surface area contributed by atoms with Crippen molar-refractivity contribution in [1.29, 1.82) is 0 Å². The van der Waals surface area contributed by atoms with Crippen LogP contribution in [-0.2, 0) is 19.0 Å². The van der Waals surface area contributed by atoms with Crippen LogP contribution in [0.15, 0.2) is 54.6 Å². The van der Waals surface area contributed by atoms with Gasteiger partial charge in [-0.3, -0.25) is 4.79 Å². The predicted molar refractivity (Wildman–Crippen MR) is 118 cm³/mol. The van der Waals surface area contributed by atoms with Crippen molar-refractivity contribution < 1.29 is 28.8 Å². The summed E-state index contributed by atoms with van der Waals surface area (Å²) in [5.41, 5.74) is 2.08. The standard InChI is InChI=1S/C25H31NO6/c1-4-15(2)17-10-12-19(13-11-17)30-25-21(26-16(3)27)22(28)23-20(31-25)14-29-24(32-23)18-8-6-5-7-9-18/h5-13,15,20-25,28H,4,14H2,1-3H3,(H,26,27)/t15-,20-,21+,22-,23-,24-,25-/m0/s1. The Kier molecular flexibility index (Phi) is 7.10. The van der Waals surface area contributed by atoms with Crippen LogP contribution in [0.5, 0.6) is 5.75 Å². The van der Waals surface area contributed by atoms with Crippen molar-refractivity contribution in [1.82, 2.24) is 5.32 Å². The van der Waals surface area contributed by atoms with Crippen molar-refractivity contribution in [2.75, 3.05) is 6.61 Å². The molecule has 0 aromatic heterocycles. The third-order valence-electron chi connectivity index (χ3n) is 6.12. The number of aliphatic hydroxyl groups excluding tert-OH is 1. The lowest BCUT2D eigenvalue weighted by Gasteiger charge is -2.47. The number of amides is 1. The summed E-state index contributed by atoms with van der Waals surface area (Å²) < 4.78 is 24.1. The van der Waals surface area contributed by atoms with E-state index >= 15 is 0 Å². The number of carbonyl (C=O) groups excluding carboxylic acids is 1. The number of carbonyl (C=O) groups is 1. The number of benzene rings is 2. The van der Waals surface area contributed by atoms with E-state index in [1.807, 2.05) is 54.6 Å². The molecule has 2 fully saturated rings. The maximum Gasteiger partial charge on any atom is 0.223 e. The topological polar surface area (TPSA) is 86.2 Å². The number of aliphatic hydroxyl groups is 1. The summed E-state index contributed by atoms with van der Waals surface area (Å²) in [4.78, 5) is 11.9. The second kappa shape index (κ2) is 10.0. The lowest BCUT2D eigenvalue weighted by Crippen LogP contribution is -2.67. The Morgan fingerprint density at radius 1 is 1.16 bits per heavy atom. The van der Waals surface area contributed by atoms with Crippen LogP contribution in [0, 0.1) is 0 Å². The zero-order valence-corrected chi connectivity index (χ0v) is 18.6. The molecule has 2 aromatic rings. The van der Waals surface area contributed by atoms with Crippen molar-refractivity contribution in [3.63, 3.8) is 0 Å². The fraction of sp³-hybridized carbons (Fsp3) is 0.480. The summed E-state index contributed by atoms with van der Waals surface area (Å²) in [5.74, 6) is 0.769. The van der Waals surface area contributed by atoms with Gasteiger partial charge in [0.1, 0.15) is 30.1 Å². The van der Waals surface area contributed by atoms with Gasteiger partial charge < -0.3 is 29.4 Å². The van der Waals surface area contributed by atoms with E-state index in [2.05, 4.69) is 19.2 Å². The minimum Gasteiger partial charge on any atom is -0.463 e. The smallest absolute Gasteiger partial charge is 0.223 e. The Hall–Kier alpha value is -2.45. The van der Waals surface area contributed by atoms with Gasteiger partial charge in [-0.1, -0.05) is 56.3 Å². The molecule has 0 saturated carbocycles. The molecule has 7 atom stereocenters. The summed E-state index contributed by atoms with van der Waals surface area (Å²) >= 11 is 0. The Bertz CT molecular complexity index is 889. The van der Waals surface area contributed by atoms with E-state index in [1.54, 1.807) is 0 Å². The van der Waals surface area contributed by atoms with Gasteiger partial charge in [-0.05, 0) is 30.0 Å². The molecule has 2 aliphatic heterocycles. The largest absolute Gasteiger partial charge is 0.463 e. The van der Waals surface area contributed by atoms with Gasteiger partial charge in [0.05, 0.1) is 6.61 Å². The van der Waals surface area contributed by atoms with Gasteiger partial charge in [-0.25, -0.2) is 0 Å². The maximum atomic E-state index is 11.9. The van der Waals surface area contributed by atoms with Crippen molar-refractivity contribution in [3.05, 3.63) is 65.7 Å². The number of nitrogens with one attached hydrogen (secondary N) is 1. The average molecular weight is 442 g/mol. The molecule has 2 aromatic carbocycles. The highest BCUT2D eigenvalue weighted by Crippen LogP contribution is 2.35. The quantitative estimate of drug-likeness (QED) is 0.716. The summed E-state index contributed by atoms with van der Waals surface area (Å²) in [5, 5.41) is 13.9. The molecule has 2 heterocycles. The Morgan fingerprint density at radius 3 is 2.53 bits per heavy atom. The number of fused-ring (bicyclic) bond motifs is 1. The summed E-state index contributed by atoms with van der Waals surface area (Å²) in [6.45, 7) is 5.96. The second-order valence-corrected chi connectivity index (χ2v) is 8.43. The molecule has 32 heavy (non-hydrogen) atoms. The van der Waals surface area contributed by atoms with Gasteiger partial charge in [0.25, 0.3) is 0 Å². The minimum absolute atomic E-state index is 0.237. The third-order valence-corrected chi connectivity index (χ3v) is 6.12. The van der Waals surface area contributed by atoms with Gasteiger partial charge >= 0.3 is 0 Å². The molecule has 2 aliphatic rings. The SMILES string of the molecule is CC[C@H](C)c1ccc(O[C@H]2O[C@H]3CO[C@H](c4ccccc4)O[C@@H]3[C@@H](O)[C@H]2NC(C)=O)cc1. The molecular formula is C25H31NO6. The van der Waals surface area contributed by atoms with Crippen LogP contribution in [0.3, 0.4) is 0 Å². The average Bonchev–Trinajstić information content (AvgIpc) is 2.82. The summed E-state index contributed by atoms with van der Waals surface area (Å²) in [7, 11) is 0. The number of hydrogen-bond acceptors (Lipinski definition) is 6. The Labute approximate surface area is 188 Å². The molecule has 4 rings (SSSR count). The molecular weight excluding hydrogens is 410 g/mol. The zero-order chi connectivity index (χ0) is 22.7. The molecule has 7 heteroatoms. The van der Waals surface area contributed by atoms with E-state index in [1.165, 1.54) is 12.5 Å². The van der Waals surface area contributed by atoms with Gasteiger partial charge in [0.15, 0.2) is 6.29 Å². The van der Waals surface area contributed by atoms with Crippen LogP contribution in [0.4, 0.5) is 0 Å². The Morgan fingerprint density at radius 2 is 1.88 bits per heavy atom. The highest BCUT2D eigenvalue weighted by atomic mass is 16.7. The third kappa shape index (κ3) is 4.96. The molecule has 7 nitrogen and oxygen atoms in total. The molecule has 2 saturated heterocycles. The number of hydrogen-bond donors (Lipinski definition) is 2. The molecule has 2 N–H and O–H groups in total.